The van der Waals surface area contributed by atoms with Crippen LogP contribution >= 0.6 is 11.8 Å². The molecule has 1 heterocycles. The second-order valence-electron chi connectivity index (χ2n) is 3.36. The SMILES string of the molecule is NC(CSc1ccccc1F)c1ccco1. The van der Waals surface area contributed by atoms with E-state index < -0.39 is 0 Å². The van der Waals surface area contributed by atoms with Crippen molar-refractivity contribution < 1.29 is 8.81 Å². The highest BCUT2D eigenvalue weighted by molar-refractivity contribution is 7.99. The lowest BCUT2D eigenvalue weighted by atomic mass is 10.3. The van der Waals surface area contributed by atoms with Crippen molar-refractivity contribution >= 4 is 11.8 Å². The highest BCUT2D eigenvalue weighted by Gasteiger charge is 2.10. The van der Waals surface area contributed by atoms with E-state index in [4.69, 9.17) is 10.2 Å². The van der Waals surface area contributed by atoms with Gasteiger partial charge < -0.3 is 10.2 Å². The maximum Gasteiger partial charge on any atom is 0.136 e. The van der Waals surface area contributed by atoms with E-state index in [2.05, 4.69) is 0 Å². The van der Waals surface area contributed by atoms with E-state index in [1.807, 2.05) is 12.1 Å². The minimum absolute atomic E-state index is 0.209. The molecular formula is C12H12FNOS. The molecule has 0 saturated carbocycles. The number of halogens is 1. The van der Waals surface area contributed by atoms with E-state index in [1.54, 1.807) is 24.5 Å². The van der Waals surface area contributed by atoms with Gasteiger partial charge in [0.2, 0.25) is 0 Å². The van der Waals surface area contributed by atoms with E-state index in [0.29, 0.717) is 10.6 Å². The van der Waals surface area contributed by atoms with Crippen molar-refractivity contribution in [2.75, 3.05) is 5.75 Å². The van der Waals surface area contributed by atoms with Crippen molar-refractivity contribution in [2.45, 2.75) is 10.9 Å². The van der Waals surface area contributed by atoms with Crippen molar-refractivity contribution in [1.29, 1.82) is 0 Å². The molecule has 1 aromatic heterocycles. The van der Waals surface area contributed by atoms with E-state index >= 15 is 0 Å². The first-order chi connectivity index (χ1) is 7.77. The third kappa shape index (κ3) is 2.65. The molecule has 0 aliphatic carbocycles. The van der Waals surface area contributed by atoms with Gasteiger partial charge >= 0.3 is 0 Å². The van der Waals surface area contributed by atoms with Crippen LogP contribution in [0.15, 0.2) is 52.0 Å². The summed E-state index contributed by atoms with van der Waals surface area (Å²) in [6, 6.07) is 10.1. The van der Waals surface area contributed by atoms with Crippen LogP contribution in [0.3, 0.4) is 0 Å². The number of rotatable bonds is 4. The van der Waals surface area contributed by atoms with Crippen LogP contribution in [0.2, 0.25) is 0 Å². The van der Waals surface area contributed by atoms with Crippen molar-refractivity contribution in [2.24, 2.45) is 5.73 Å². The molecule has 4 heteroatoms. The third-order valence-corrected chi connectivity index (χ3v) is 3.33. The van der Waals surface area contributed by atoms with Gasteiger partial charge in [0.1, 0.15) is 11.6 Å². The van der Waals surface area contributed by atoms with Gasteiger partial charge in [0.25, 0.3) is 0 Å². The van der Waals surface area contributed by atoms with Gasteiger partial charge in [-0.2, -0.15) is 0 Å². The lowest BCUT2D eigenvalue weighted by molar-refractivity contribution is 0.482. The summed E-state index contributed by atoms with van der Waals surface area (Å²) < 4.78 is 18.5. The zero-order chi connectivity index (χ0) is 11.4. The van der Waals surface area contributed by atoms with Gasteiger partial charge in [-0.05, 0) is 24.3 Å². The summed E-state index contributed by atoms with van der Waals surface area (Å²) in [6.07, 6.45) is 1.59. The quantitative estimate of drug-likeness (QED) is 0.830. The normalized spacial score (nSPS) is 12.6. The molecule has 1 aromatic carbocycles. The largest absolute Gasteiger partial charge is 0.468 e. The molecule has 2 N–H and O–H groups in total. The highest BCUT2D eigenvalue weighted by atomic mass is 32.2. The Kier molecular flexibility index (Phi) is 3.64. The Labute approximate surface area is 97.6 Å². The molecular weight excluding hydrogens is 225 g/mol. The second-order valence-corrected chi connectivity index (χ2v) is 4.43. The molecule has 1 atom stereocenters. The molecule has 0 fully saturated rings. The smallest absolute Gasteiger partial charge is 0.136 e. The van der Waals surface area contributed by atoms with Gasteiger partial charge in [0.05, 0.1) is 12.3 Å². The Morgan fingerprint density at radius 3 is 2.75 bits per heavy atom. The predicted octanol–water partition coefficient (Wildman–Crippen LogP) is 3.21. The molecule has 2 rings (SSSR count). The van der Waals surface area contributed by atoms with Crippen molar-refractivity contribution in [3.8, 4) is 0 Å². The van der Waals surface area contributed by atoms with Crippen molar-refractivity contribution in [3.63, 3.8) is 0 Å². The monoisotopic (exact) mass is 237 g/mol. The molecule has 0 spiro atoms. The van der Waals surface area contributed by atoms with Gasteiger partial charge in [0, 0.05) is 10.6 Å². The summed E-state index contributed by atoms with van der Waals surface area (Å²) in [5, 5.41) is 0. The summed E-state index contributed by atoms with van der Waals surface area (Å²) in [5.41, 5.74) is 5.90. The lowest BCUT2D eigenvalue weighted by Crippen LogP contribution is -2.11. The van der Waals surface area contributed by atoms with Gasteiger partial charge in [0.15, 0.2) is 0 Å². The summed E-state index contributed by atoms with van der Waals surface area (Å²) >= 11 is 1.39. The Hall–Kier alpha value is -1.26. The van der Waals surface area contributed by atoms with Crippen LogP contribution in [0, 0.1) is 5.82 Å². The van der Waals surface area contributed by atoms with Crippen LogP contribution in [-0.4, -0.2) is 5.75 Å². The number of furan rings is 1. The molecule has 1 unspecified atom stereocenters. The first-order valence-corrected chi connectivity index (χ1v) is 5.92. The number of thioether (sulfide) groups is 1. The van der Waals surface area contributed by atoms with E-state index in [9.17, 15) is 4.39 Å². The Morgan fingerprint density at radius 2 is 2.06 bits per heavy atom. The molecule has 0 aliphatic heterocycles. The highest BCUT2D eigenvalue weighted by Crippen LogP contribution is 2.25. The summed E-state index contributed by atoms with van der Waals surface area (Å²) in [5.74, 6) is 1.11. The summed E-state index contributed by atoms with van der Waals surface area (Å²) in [7, 11) is 0. The number of benzene rings is 1. The Morgan fingerprint density at radius 1 is 1.25 bits per heavy atom. The molecule has 0 saturated heterocycles. The van der Waals surface area contributed by atoms with Crippen LogP contribution in [0.1, 0.15) is 11.8 Å². The van der Waals surface area contributed by atoms with Crippen LogP contribution in [-0.2, 0) is 0 Å². The van der Waals surface area contributed by atoms with Crippen molar-refractivity contribution in [1.82, 2.24) is 0 Å². The van der Waals surface area contributed by atoms with E-state index in [1.165, 1.54) is 17.8 Å². The van der Waals surface area contributed by atoms with Crippen LogP contribution < -0.4 is 5.73 Å². The standard InChI is InChI=1S/C12H12FNOS/c13-9-4-1-2-6-12(9)16-8-10(14)11-5-3-7-15-11/h1-7,10H,8,14H2. The number of hydrogen-bond acceptors (Lipinski definition) is 3. The zero-order valence-electron chi connectivity index (χ0n) is 8.60. The molecule has 2 aromatic rings. The average molecular weight is 237 g/mol. The van der Waals surface area contributed by atoms with E-state index in [-0.39, 0.29) is 11.9 Å². The fraction of sp³-hybridized carbons (Fsp3) is 0.167. The minimum atomic E-state index is -0.209. The van der Waals surface area contributed by atoms with Crippen LogP contribution in [0.25, 0.3) is 0 Å². The maximum absolute atomic E-state index is 13.3. The average Bonchev–Trinajstić information content (AvgIpc) is 2.81. The van der Waals surface area contributed by atoms with Crippen LogP contribution in [0.4, 0.5) is 4.39 Å². The molecule has 0 amide bonds. The third-order valence-electron chi connectivity index (χ3n) is 2.16. The number of nitrogens with two attached hydrogens (primary N) is 1. The first-order valence-electron chi connectivity index (χ1n) is 4.93. The predicted molar refractivity (Wildman–Crippen MR) is 62.8 cm³/mol. The lowest BCUT2D eigenvalue weighted by Gasteiger charge is -2.08. The molecule has 84 valence electrons. The molecule has 0 bridgehead atoms. The fourth-order valence-corrected chi connectivity index (χ4v) is 2.23. The summed E-state index contributed by atoms with van der Waals surface area (Å²) in [6.45, 7) is 0. The fourth-order valence-electron chi connectivity index (χ4n) is 1.33. The zero-order valence-corrected chi connectivity index (χ0v) is 9.41. The molecule has 2 nitrogen and oxygen atoms in total. The maximum atomic E-state index is 13.3. The second kappa shape index (κ2) is 5.18. The van der Waals surface area contributed by atoms with Gasteiger partial charge in [-0.25, -0.2) is 4.39 Å². The first kappa shape index (κ1) is 11.2. The van der Waals surface area contributed by atoms with Gasteiger partial charge in [-0.3, -0.25) is 0 Å². The van der Waals surface area contributed by atoms with Crippen LogP contribution in [0.5, 0.6) is 0 Å². The molecule has 0 aliphatic rings. The van der Waals surface area contributed by atoms with Gasteiger partial charge in [-0.1, -0.05) is 12.1 Å². The number of hydrogen-bond donors (Lipinski definition) is 1. The topological polar surface area (TPSA) is 39.2 Å². The van der Waals surface area contributed by atoms with E-state index in [0.717, 1.165) is 5.76 Å². The molecule has 0 radical (unpaired) electrons. The minimum Gasteiger partial charge on any atom is -0.468 e. The molecule has 16 heavy (non-hydrogen) atoms. The Bertz CT molecular complexity index is 444. The van der Waals surface area contributed by atoms with Crippen molar-refractivity contribution in [3.05, 3.63) is 54.2 Å². The van der Waals surface area contributed by atoms with Gasteiger partial charge in [-0.15, -0.1) is 11.8 Å². The summed E-state index contributed by atoms with van der Waals surface area (Å²) in [4.78, 5) is 0.615. The Balaban J connectivity index is 1.95.